The van der Waals surface area contributed by atoms with E-state index in [9.17, 15) is 0 Å². The van der Waals surface area contributed by atoms with Gasteiger partial charge in [0.05, 0.1) is 0 Å². The fraction of sp³-hybridized carbons (Fsp3) is 0.667. The number of anilines is 1. The van der Waals surface area contributed by atoms with Crippen LogP contribution in [0.5, 0.6) is 0 Å². The zero-order chi connectivity index (χ0) is 13.9. The van der Waals surface area contributed by atoms with Gasteiger partial charge in [-0.05, 0) is 50.8 Å². The van der Waals surface area contributed by atoms with E-state index in [-0.39, 0.29) is 0 Å². The molecule has 2 heteroatoms. The van der Waals surface area contributed by atoms with Crippen LogP contribution in [0.3, 0.4) is 0 Å². The SMILES string of the molecule is CNC1CCCCCC1CN1c2ccccc2CC1C. The summed E-state index contributed by atoms with van der Waals surface area (Å²) in [4.78, 5) is 2.66. The highest BCUT2D eigenvalue weighted by Gasteiger charge is 2.30. The van der Waals surface area contributed by atoms with Crippen molar-refractivity contribution >= 4 is 5.69 Å². The molecule has 3 rings (SSSR count). The monoisotopic (exact) mass is 272 g/mol. The Hall–Kier alpha value is -1.02. The van der Waals surface area contributed by atoms with E-state index in [4.69, 9.17) is 0 Å². The summed E-state index contributed by atoms with van der Waals surface area (Å²) in [7, 11) is 2.14. The van der Waals surface area contributed by atoms with Crippen LogP contribution >= 0.6 is 0 Å². The van der Waals surface area contributed by atoms with E-state index >= 15 is 0 Å². The van der Waals surface area contributed by atoms with E-state index in [0.717, 1.165) is 5.92 Å². The number of rotatable bonds is 3. The van der Waals surface area contributed by atoms with Gasteiger partial charge in [0.2, 0.25) is 0 Å². The summed E-state index contributed by atoms with van der Waals surface area (Å²) < 4.78 is 0. The van der Waals surface area contributed by atoms with Crippen molar-refractivity contribution in [3.8, 4) is 0 Å². The van der Waals surface area contributed by atoms with Crippen LogP contribution < -0.4 is 10.2 Å². The van der Waals surface area contributed by atoms with Crippen molar-refractivity contribution in [1.29, 1.82) is 0 Å². The van der Waals surface area contributed by atoms with Crippen LogP contribution in [0.15, 0.2) is 24.3 Å². The summed E-state index contributed by atoms with van der Waals surface area (Å²) in [5, 5.41) is 3.58. The molecule has 0 spiro atoms. The Balaban J connectivity index is 1.76. The molecule has 1 aromatic rings. The molecule has 1 fully saturated rings. The summed E-state index contributed by atoms with van der Waals surface area (Å²) in [6.45, 7) is 3.61. The standard InChI is InChI=1S/C18H28N2/c1-14-12-15-8-6-7-11-18(15)20(14)13-16-9-4-3-5-10-17(16)19-2/h6-8,11,14,16-17,19H,3-5,9-10,12-13H2,1-2H3. The topological polar surface area (TPSA) is 15.3 Å². The second kappa shape index (κ2) is 6.17. The molecule has 0 bridgehead atoms. The molecule has 2 aliphatic rings. The number of fused-ring (bicyclic) bond motifs is 1. The first-order chi connectivity index (χ1) is 9.79. The van der Waals surface area contributed by atoms with Crippen LogP contribution in [-0.2, 0) is 6.42 Å². The number of hydrogen-bond donors (Lipinski definition) is 1. The highest BCUT2D eigenvalue weighted by Crippen LogP contribution is 2.34. The Morgan fingerprint density at radius 3 is 2.80 bits per heavy atom. The third-order valence-corrected chi connectivity index (χ3v) is 5.31. The summed E-state index contributed by atoms with van der Waals surface area (Å²) >= 11 is 0. The van der Waals surface area contributed by atoms with Gasteiger partial charge < -0.3 is 10.2 Å². The largest absolute Gasteiger partial charge is 0.368 e. The van der Waals surface area contributed by atoms with E-state index in [0.29, 0.717) is 12.1 Å². The minimum Gasteiger partial charge on any atom is -0.368 e. The van der Waals surface area contributed by atoms with E-state index in [2.05, 4.69) is 48.5 Å². The molecule has 3 unspecified atom stereocenters. The van der Waals surface area contributed by atoms with Crippen LogP contribution in [0.2, 0.25) is 0 Å². The van der Waals surface area contributed by atoms with Gasteiger partial charge in [0.1, 0.15) is 0 Å². The van der Waals surface area contributed by atoms with Gasteiger partial charge >= 0.3 is 0 Å². The average Bonchev–Trinajstić information content (AvgIpc) is 2.63. The normalized spacial score (nSPS) is 30.1. The smallest absolute Gasteiger partial charge is 0.0402 e. The van der Waals surface area contributed by atoms with Crippen LogP contribution in [0.1, 0.15) is 44.6 Å². The van der Waals surface area contributed by atoms with Gasteiger partial charge in [0.25, 0.3) is 0 Å². The lowest BCUT2D eigenvalue weighted by atomic mass is 9.94. The third kappa shape index (κ3) is 2.71. The molecular formula is C18H28N2. The summed E-state index contributed by atoms with van der Waals surface area (Å²) in [5.74, 6) is 0.802. The van der Waals surface area contributed by atoms with E-state index in [1.807, 2.05) is 0 Å². The van der Waals surface area contributed by atoms with Crippen LogP contribution in [0.4, 0.5) is 5.69 Å². The number of nitrogens with zero attached hydrogens (tertiary/aromatic N) is 1. The lowest BCUT2D eigenvalue weighted by Crippen LogP contribution is -2.42. The molecule has 110 valence electrons. The third-order valence-electron chi connectivity index (χ3n) is 5.31. The minimum absolute atomic E-state index is 0.660. The van der Waals surface area contributed by atoms with Gasteiger partial charge in [-0.1, -0.05) is 37.5 Å². The number of hydrogen-bond acceptors (Lipinski definition) is 2. The second-order valence-electron chi connectivity index (χ2n) is 6.63. The van der Waals surface area contributed by atoms with Gasteiger partial charge in [-0.25, -0.2) is 0 Å². The second-order valence-corrected chi connectivity index (χ2v) is 6.63. The molecule has 2 nitrogen and oxygen atoms in total. The molecule has 1 aromatic carbocycles. The molecule has 0 amide bonds. The van der Waals surface area contributed by atoms with Crippen molar-refractivity contribution in [2.45, 2.75) is 57.5 Å². The predicted molar refractivity (Wildman–Crippen MR) is 86.4 cm³/mol. The molecule has 1 aliphatic carbocycles. The van der Waals surface area contributed by atoms with Crippen LogP contribution in [0, 0.1) is 5.92 Å². The Morgan fingerprint density at radius 2 is 1.95 bits per heavy atom. The lowest BCUT2D eigenvalue weighted by Gasteiger charge is -2.33. The van der Waals surface area contributed by atoms with E-state index in [1.54, 1.807) is 0 Å². The zero-order valence-electron chi connectivity index (χ0n) is 12.9. The first-order valence-corrected chi connectivity index (χ1v) is 8.31. The first kappa shape index (κ1) is 13.9. The molecule has 0 aromatic heterocycles. The molecule has 1 heterocycles. The molecule has 1 aliphatic heterocycles. The van der Waals surface area contributed by atoms with Gasteiger partial charge in [-0.3, -0.25) is 0 Å². The maximum atomic E-state index is 3.58. The fourth-order valence-corrected chi connectivity index (χ4v) is 4.14. The Morgan fingerprint density at radius 1 is 1.15 bits per heavy atom. The fourth-order valence-electron chi connectivity index (χ4n) is 4.14. The molecule has 3 atom stereocenters. The van der Waals surface area contributed by atoms with Crippen molar-refractivity contribution in [3.63, 3.8) is 0 Å². The summed E-state index contributed by atoms with van der Waals surface area (Å²) in [5.41, 5.74) is 3.02. The number of nitrogens with one attached hydrogen (secondary N) is 1. The summed E-state index contributed by atoms with van der Waals surface area (Å²) in [6.07, 6.45) is 8.18. The maximum absolute atomic E-state index is 3.58. The maximum Gasteiger partial charge on any atom is 0.0402 e. The lowest BCUT2D eigenvalue weighted by molar-refractivity contribution is 0.347. The highest BCUT2D eigenvalue weighted by molar-refractivity contribution is 5.59. The highest BCUT2D eigenvalue weighted by atomic mass is 15.2. The van der Waals surface area contributed by atoms with Crippen molar-refractivity contribution in [3.05, 3.63) is 29.8 Å². The van der Waals surface area contributed by atoms with Gasteiger partial charge in [-0.15, -0.1) is 0 Å². The van der Waals surface area contributed by atoms with Crippen molar-refractivity contribution < 1.29 is 0 Å². The first-order valence-electron chi connectivity index (χ1n) is 8.31. The Kier molecular flexibility index (Phi) is 4.30. The molecule has 20 heavy (non-hydrogen) atoms. The molecule has 1 saturated carbocycles. The Bertz CT molecular complexity index is 443. The van der Waals surface area contributed by atoms with Gasteiger partial charge in [-0.2, -0.15) is 0 Å². The van der Waals surface area contributed by atoms with Crippen LogP contribution in [-0.4, -0.2) is 25.7 Å². The average molecular weight is 272 g/mol. The zero-order valence-corrected chi connectivity index (χ0v) is 12.9. The minimum atomic E-state index is 0.660. The van der Waals surface area contributed by atoms with Gasteiger partial charge in [0.15, 0.2) is 0 Å². The Labute approximate surface area is 123 Å². The molecular weight excluding hydrogens is 244 g/mol. The van der Waals surface area contributed by atoms with Crippen LogP contribution in [0.25, 0.3) is 0 Å². The van der Waals surface area contributed by atoms with Crippen molar-refractivity contribution in [1.82, 2.24) is 5.32 Å². The van der Waals surface area contributed by atoms with Crippen molar-refractivity contribution in [2.24, 2.45) is 5.92 Å². The van der Waals surface area contributed by atoms with E-state index < -0.39 is 0 Å². The van der Waals surface area contributed by atoms with E-state index in [1.165, 1.54) is 56.3 Å². The predicted octanol–water partition coefficient (Wildman–Crippen LogP) is 3.61. The quantitative estimate of drug-likeness (QED) is 0.846. The van der Waals surface area contributed by atoms with Gasteiger partial charge in [0, 0.05) is 24.3 Å². The summed E-state index contributed by atoms with van der Waals surface area (Å²) in [6, 6.07) is 10.3. The molecule has 0 saturated heterocycles. The van der Waals surface area contributed by atoms with Crippen molar-refractivity contribution in [2.75, 3.05) is 18.5 Å². The number of benzene rings is 1. The molecule has 1 N–H and O–H groups in total. The molecule has 0 radical (unpaired) electrons. The number of para-hydroxylation sites is 1.